The predicted octanol–water partition coefficient (Wildman–Crippen LogP) is 3.66. The van der Waals surface area contributed by atoms with Crippen molar-refractivity contribution in [2.75, 3.05) is 6.61 Å². The van der Waals surface area contributed by atoms with Crippen LogP contribution in [0.5, 0.6) is 5.75 Å². The van der Waals surface area contributed by atoms with E-state index in [2.05, 4.69) is 11.9 Å². The number of allylic oxidation sites excluding steroid dienone is 2. The normalized spacial score (nSPS) is 17.6. The second-order valence-electron chi connectivity index (χ2n) is 6.39. The zero-order valence-corrected chi connectivity index (χ0v) is 15.6. The van der Waals surface area contributed by atoms with Crippen LogP contribution >= 0.6 is 11.8 Å². The first-order chi connectivity index (χ1) is 11.8. The van der Waals surface area contributed by atoms with Crippen molar-refractivity contribution in [3.63, 3.8) is 0 Å². The Labute approximate surface area is 153 Å². The molecule has 1 aromatic rings. The van der Waals surface area contributed by atoms with Crippen LogP contribution in [0.3, 0.4) is 0 Å². The molecule has 1 amide bonds. The highest BCUT2D eigenvalue weighted by Crippen LogP contribution is 2.24. The van der Waals surface area contributed by atoms with E-state index in [9.17, 15) is 4.79 Å². The van der Waals surface area contributed by atoms with Crippen molar-refractivity contribution in [3.8, 4) is 5.75 Å². The fourth-order valence-corrected chi connectivity index (χ4v) is 3.24. The first kappa shape index (κ1) is 19.1. The Morgan fingerprint density at radius 2 is 2.08 bits per heavy atom. The molecule has 1 aromatic carbocycles. The molecule has 2 N–H and O–H groups in total. The van der Waals surface area contributed by atoms with Crippen molar-refractivity contribution in [1.82, 2.24) is 5.32 Å². The quantitative estimate of drug-likeness (QED) is 0.548. The van der Waals surface area contributed by atoms with E-state index in [1.54, 1.807) is 0 Å². The minimum absolute atomic E-state index is 0.101. The highest BCUT2D eigenvalue weighted by molar-refractivity contribution is 8.15. The third-order valence-corrected chi connectivity index (χ3v) is 4.48. The fraction of sp³-hybridized carbons (Fsp3) is 0.368. The number of carbonyl (C=O) groups excluding carboxylic acids is 1. The van der Waals surface area contributed by atoms with E-state index in [0.717, 1.165) is 11.3 Å². The van der Waals surface area contributed by atoms with Crippen LogP contribution < -0.4 is 10.1 Å². The van der Waals surface area contributed by atoms with Crippen molar-refractivity contribution >= 4 is 22.8 Å². The molecular weight excluding hydrogens is 336 g/mol. The minimum Gasteiger partial charge on any atom is -0.489 e. The van der Waals surface area contributed by atoms with Crippen LogP contribution in [0.4, 0.5) is 0 Å². The second kappa shape index (κ2) is 8.25. The molecule has 1 heterocycles. The lowest BCUT2D eigenvalue weighted by Gasteiger charge is -2.26. The number of hydrogen-bond acceptors (Lipinski definition) is 5. The molecule has 0 bridgehead atoms. The lowest BCUT2D eigenvalue weighted by atomic mass is 10.1. The van der Waals surface area contributed by atoms with Gasteiger partial charge >= 0.3 is 0 Å². The standard InChI is InChI=1S/C19H24N2O3S/c1-5-6-13(2)24-19(3,4)12-23-15-9-7-14(8-10-15)11-16-17(22)21-18(20)25-16/h5-10,16H,2,11-12H2,1,3-4H3,(H2,20,21,22)/b6-5-. The van der Waals surface area contributed by atoms with Crippen LogP contribution in [0.1, 0.15) is 26.3 Å². The van der Waals surface area contributed by atoms with E-state index in [4.69, 9.17) is 14.9 Å². The molecule has 1 aliphatic heterocycles. The van der Waals surface area contributed by atoms with Gasteiger partial charge in [-0.2, -0.15) is 0 Å². The number of carbonyl (C=O) groups is 1. The number of amides is 1. The maximum absolute atomic E-state index is 11.7. The summed E-state index contributed by atoms with van der Waals surface area (Å²) in [5, 5.41) is 9.99. The summed E-state index contributed by atoms with van der Waals surface area (Å²) in [5.74, 6) is 1.24. The van der Waals surface area contributed by atoms with E-state index < -0.39 is 5.60 Å². The number of nitrogens with one attached hydrogen (secondary N) is 2. The highest BCUT2D eigenvalue weighted by Gasteiger charge is 2.29. The van der Waals surface area contributed by atoms with Gasteiger partial charge in [0.05, 0.1) is 5.25 Å². The molecule has 2 rings (SSSR count). The number of rotatable bonds is 8. The topological polar surface area (TPSA) is 71.4 Å². The zero-order chi connectivity index (χ0) is 18.4. The average molecular weight is 360 g/mol. The van der Waals surface area contributed by atoms with Gasteiger partial charge in [0, 0.05) is 0 Å². The van der Waals surface area contributed by atoms with Crippen LogP contribution in [-0.2, 0) is 16.0 Å². The number of thioether (sulfide) groups is 1. The van der Waals surface area contributed by atoms with Crippen molar-refractivity contribution in [2.24, 2.45) is 0 Å². The highest BCUT2D eigenvalue weighted by atomic mass is 32.2. The lowest BCUT2D eigenvalue weighted by molar-refractivity contribution is -0.118. The Kier molecular flexibility index (Phi) is 6.31. The van der Waals surface area contributed by atoms with Gasteiger partial charge in [0.25, 0.3) is 0 Å². The number of amidine groups is 1. The lowest BCUT2D eigenvalue weighted by Crippen LogP contribution is -2.31. The molecule has 0 radical (unpaired) electrons. The van der Waals surface area contributed by atoms with E-state index in [-0.39, 0.29) is 16.3 Å². The Morgan fingerprint density at radius 3 is 2.64 bits per heavy atom. The van der Waals surface area contributed by atoms with Gasteiger partial charge in [-0.1, -0.05) is 36.5 Å². The molecule has 0 aliphatic carbocycles. The molecule has 25 heavy (non-hydrogen) atoms. The summed E-state index contributed by atoms with van der Waals surface area (Å²) in [6.45, 7) is 10.0. The van der Waals surface area contributed by atoms with E-state index in [1.165, 1.54) is 11.8 Å². The van der Waals surface area contributed by atoms with E-state index >= 15 is 0 Å². The van der Waals surface area contributed by atoms with Crippen molar-refractivity contribution in [2.45, 2.75) is 38.0 Å². The van der Waals surface area contributed by atoms with Crippen LogP contribution in [0, 0.1) is 5.41 Å². The van der Waals surface area contributed by atoms with Gasteiger partial charge in [0.2, 0.25) is 5.91 Å². The van der Waals surface area contributed by atoms with Crippen molar-refractivity contribution < 1.29 is 14.3 Å². The summed E-state index contributed by atoms with van der Waals surface area (Å²) in [6.07, 6.45) is 4.28. The first-order valence-electron chi connectivity index (χ1n) is 8.07. The number of hydrogen-bond donors (Lipinski definition) is 2. The summed E-state index contributed by atoms with van der Waals surface area (Å²) in [4.78, 5) is 11.7. The average Bonchev–Trinajstić information content (AvgIpc) is 2.84. The maximum atomic E-state index is 11.7. The van der Waals surface area contributed by atoms with Crippen LogP contribution in [0.15, 0.2) is 48.8 Å². The summed E-state index contributed by atoms with van der Waals surface area (Å²) < 4.78 is 11.6. The molecule has 1 aliphatic rings. The zero-order valence-electron chi connectivity index (χ0n) is 14.8. The summed E-state index contributed by atoms with van der Waals surface area (Å²) >= 11 is 1.26. The summed E-state index contributed by atoms with van der Waals surface area (Å²) in [5.41, 5.74) is 0.542. The third kappa shape index (κ3) is 5.98. The predicted molar refractivity (Wildman–Crippen MR) is 102 cm³/mol. The molecule has 1 saturated heterocycles. The molecule has 0 spiro atoms. The molecular formula is C19H24N2O3S. The molecule has 134 valence electrons. The van der Waals surface area contributed by atoms with Crippen LogP contribution in [0.25, 0.3) is 0 Å². The molecule has 6 heteroatoms. The number of ether oxygens (including phenoxy) is 2. The van der Waals surface area contributed by atoms with Gasteiger partial charge < -0.3 is 14.8 Å². The maximum Gasteiger partial charge on any atom is 0.239 e. The van der Waals surface area contributed by atoms with Crippen LogP contribution in [0.2, 0.25) is 0 Å². The largest absolute Gasteiger partial charge is 0.489 e. The van der Waals surface area contributed by atoms with Gasteiger partial charge in [-0.3, -0.25) is 10.2 Å². The Hall–Kier alpha value is -2.21. The minimum atomic E-state index is -0.492. The van der Waals surface area contributed by atoms with Gasteiger partial charge in [-0.05, 0) is 51.0 Å². The van der Waals surface area contributed by atoms with E-state index in [1.807, 2.05) is 57.2 Å². The molecule has 0 aromatic heterocycles. The summed E-state index contributed by atoms with van der Waals surface area (Å²) in [7, 11) is 0. The van der Waals surface area contributed by atoms with E-state index in [0.29, 0.717) is 18.8 Å². The van der Waals surface area contributed by atoms with Crippen molar-refractivity contribution in [1.29, 1.82) is 5.41 Å². The Balaban J connectivity index is 1.86. The first-order valence-corrected chi connectivity index (χ1v) is 8.95. The van der Waals surface area contributed by atoms with Gasteiger partial charge in [-0.15, -0.1) is 0 Å². The van der Waals surface area contributed by atoms with Crippen molar-refractivity contribution in [3.05, 3.63) is 54.3 Å². The fourth-order valence-electron chi connectivity index (χ4n) is 2.35. The van der Waals surface area contributed by atoms with Gasteiger partial charge in [-0.25, -0.2) is 0 Å². The molecule has 1 fully saturated rings. The Morgan fingerprint density at radius 1 is 1.40 bits per heavy atom. The second-order valence-corrected chi connectivity index (χ2v) is 7.60. The number of benzene rings is 1. The SMILES string of the molecule is C=C(/C=C\C)OC(C)(C)COc1ccc(CC2SC(=N)NC2=O)cc1. The monoisotopic (exact) mass is 360 g/mol. The molecule has 1 atom stereocenters. The van der Waals surface area contributed by atoms with Crippen LogP contribution in [-0.4, -0.2) is 28.5 Å². The molecule has 1 unspecified atom stereocenters. The Bertz CT molecular complexity index is 680. The third-order valence-electron chi connectivity index (χ3n) is 3.48. The van der Waals surface area contributed by atoms with Gasteiger partial charge in [0.15, 0.2) is 5.17 Å². The smallest absolute Gasteiger partial charge is 0.239 e. The van der Waals surface area contributed by atoms with Gasteiger partial charge in [0.1, 0.15) is 23.7 Å². The molecule has 0 saturated carbocycles. The molecule has 5 nitrogen and oxygen atoms in total. The summed E-state index contributed by atoms with van der Waals surface area (Å²) in [6, 6.07) is 7.65.